The number of aromatic nitrogens is 2. The van der Waals surface area contributed by atoms with E-state index in [1.165, 1.54) is 4.31 Å². The molecule has 0 aliphatic carbocycles. The maximum atomic E-state index is 13.3. The highest BCUT2D eigenvalue weighted by Crippen LogP contribution is 2.27. The molecular formula is C22H32N4O5S. The van der Waals surface area contributed by atoms with E-state index >= 15 is 0 Å². The number of hydrogen-bond acceptors (Lipinski definition) is 6. The summed E-state index contributed by atoms with van der Waals surface area (Å²) in [6.07, 6.45) is 0.194. The van der Waals surface area contributed by atoms with Crippen molar-refractivity contribution in [1.82, 2.24) is 19.0 Å². The molecule has 0 bridgehead atoms. The second kappa shape index (κ2) is 9.50. The molecule has 0 radical (unpaired) electrons. The molecular weight excluding hydrogens is 432 g/mol. The van der Waals surface area contributed by atoms with Gasteiger partial charge in [-0.25, -0.2) is 8.42 Å². The maximum absolute atomic E-state index is 13.3. The lowest BCUT2D eigenvalue weighted by Gasteiger charge is -2.34. The average molecular weight is 465 g/mol. The molecule has 1 aliphatic rings. The molecule has 2 aromatic rings. The Bertz CT molecular complexity index is 1060. The van der Waals surface area contributed by atoms with E-state index in [4.69, 9.17) is 9.47 Å². The number of aryl methyl sites for hydroxylation is 1. The molecule has 1 amide bonds. The number of nitrogens with zero attached hydrogens (tertiary/aromatic N) is 4. The first-order valence-corrected chi connectivity index (χ1v) is 12.1. The van der Waals surface area contributed by atoms with Crippen molar-refractivity contribution in [3.05, 3.63) is 35.2 Å². The van der Waals surface area contributed by atoms with Gasteiger partial charge in [0.05, 0.1) is 32.0 Å². The van der Waals surface area contributed by atoms with Crippen molar-refractivity contribution in [2.45, 2.75) is 45.1 Å². The number of rotatable bonds is 7. The molecule has 10 heteroatoms. The molecule has 3 rings (SSSR count). The van der Waals surface area contributed by atoms with Crippen molar-refractivity contribution in [1.29, 1.82) is 0 Å². The van der Waals surface area contributed by atoms with Crippen LogP contribution in [0.25, 0.3) is 0 Å². The van der Waals surface area contributed by atoms with E-state index in [1.54, 1.807) is 55.8 Å². The van der Waals surface area contributed by atoms with Crippen molar-refractivity contribution in [3.8, 4) is 11.5 Å². The van der Waals surface area contributed by atoms with Gasteiger partial charge in [-0.15, -0.1) is 0 Å². The zero-order valence-corrected chi connectivity index (χ0v) is 20.4. The molecule has 9 nitrogen and oxygen atoms in total. The second-order valence-electron chi connectivity index (χ2n) is 8.22. The van der Waals surface area contributed by atoms with Gasteiger partial charge >= 0.3 is 0 Å². The number of carbonyl (C=O) groups excluding carboxylic acids is 1. The summed E-state index contributed by atoms with van der Waals surface area (Å²) in [6, 6.07) is 5.43. The van der Waals surface area contributed by atoms with Gasteiger partial charge < -0.3 is 14.4 Å². The molecule has 2 heterocycles. The van der Waals surface area contributed by atoms with E-state index in [0.29, 0.717) is 36.0 Å². The number of amides is 1. The predicted octanol–water partition coefficient (Wildman–Crippen LogP) is 2.17. The van der Waals surface area contributed by atoms with E-state index in [-0.39, 0.29) is 36.4 Å². The van der Waals surface area contributed by atoms with Crippen LogP contribution >= 0.6 is 0 Å². The van der Waals surface area contributed by atoms with Crippen LogP contribution in [0.1, 0.15) is 36.8 Å². The summed E-state index contributed by atoms with van der Waals surface area (Å²) >= 11 is 0. The highest BCUT2D eigenvalue weighted by Gasteiger charge is 2.34. The molecule has 0 atom stereocenters. The van der Waals surface area contributed by atoms with Crippen LogP contribution in [-0.2, 0) is 21.2 Å². The van der Waals surface area contributed by atoms with E-state index in [9.17, 15) is 13.2 Å². The summed E-state index contributed by atoms with van der Waals surface area (Å²) in [5.41, 5.74) is 1.93. The summed E-state index contributed by atoms with van der Waals surface area (Å²) < 4.78 is 40.4. The molecule has 176 valence electrons. The Morgan fingerprint density at radius 2 is 1.59 bits per heavy atom. The van der Waals surface area contributed by atoms with Gasteiger partial charge in [0, 0.05) is 38.3 Å². The fourth-order valence-corrected chi connectivity index (χ4v) is 5.87. The Labute approximate surface area is 190 Å². The SMILES string of the molecule is COc1cc(CC(=O)N2CCN(S(=O)(=O)c3c(C)nn(C(C)C)c3C)CC2)cc(OC)c1. The minimum Gasteiger partial charge on any atom is -0.497 e. The van der Waals surface area contributed by atoms with Crippen LogP contribution in [0, 0.1) is 13.8 Å². The second-order valence-corrected chi connectivity index (χ2v) is 10.1. The average Bonchev–Trinajstić information content (AvgIpc) is 3.08. The van der Waals surface area contributed by atoms with Crippen LogP contribution in [0.3, 0.4) is 0 Å². The van der Waals surface area contributed by atoms with Gasteiger partial charge in [-0.3, -0.25) is 9.48 Å². The topological polar surface area (TPSA) is 94.0 Å². The van der Waals surface area contributed by atoms with Crippen molar-refractivity contribution >= 4 is 15.9 Å². The highest BCUT2D eigenvalue weighted by atomic mass is 32.2. The normalized spacial score (nSPS) is 15.3. The molecule has 1 aromatic heterocycles. The minimum atomic E-state index is -3.68. The zero-order valence-electron chi connectivity index (χ0n) is 19.6. The van der Waals surface area contributed by atoms with E-state index in [1.807, 2.05) is 13.8 Å². The van der Waals surface area contributed by atoms with Crippen molar-refractivity contribution < 1.29 is 22.7 Å². The largest absolute Gasteiger partial charge is 0.497 e. The van der Waals surface area contributed by atoms with Gasteiger partial charge in [0.2, 0.25) is 15.9 Å². The third-order valence-corrected chi connectivity index (χ3v) is 7.86. The van der Waals surface area contributed by atoms with Gasteiger partial charge in [-0.1, -0.05) is 0 Å². The third-order valence-electron chi connectivity index (χ3n) is 5.70. The van der Waals surface area contributed by atoms with Crippen molar-refractivity contribution in [2.75, 3.05) is 40.4 Å². The summed E-state index contributed by atoms with van der Waals surface area (Å²) in [7, 11) is -0.555. The fourth-order valence-electron chi connectivity index (χ4n) is 4.09. The number of carbonyl (C=O) groups is 1. The Morgan fingerprint density at radius 3 is 2.06 bits per heavy atom. The summed E-state index contributed by atoms with van der Waals surface area (Å²) in [6.45, 7) is 8.64. The number of benzene rings is 1. The first-order chi connectivity index (χ1) is 15.1. The number of hydrogen-bond donors (Lipinski definition) is 0. The summed E-state index contributed by atoms with van der Waals surface area (Å²) in [4.78, 5) is 14.8. The lowest BCUT2D eigenvalue weighted by atomic mass is 10.1. The van der Waals surface area contributed by atoms with Crippen LogP contribution in [-0.4, -0.2) is 73.7 Å². The molecule has 32 heavy (non-hydrogen) atoms. The Hall–Kier alpha value is -2.59. The Kier molecular flexibility index (Phi) is 7.14. The standard InChI is InChI=1S/C22H32N4O5S/c1-15(2)26-17(4)22(16(3)23-26)32(28,29)25-9-7-24(8-10-25)21(27)13-18-11-19(30-5)14-20(12-18)31-6/h11-12,14-15H,7-10,13H2,1-6H3. The van der Waals surface area contributed by atoms with Crippen LogP contribution in [0.4, 0.5) is 0 Å². The van der Waals surface area contributed by atoms with E-state index in [0.717, 1.165) is 5.56 Å². The van der Waals surface area contributed by atoms with Gasteiger partial charge in [-0.05, 0) is 45.4 Å². The molecule has 0 N–H and O–H groups in total. The smallest absolute Gasteiger partial charge is 0.246 e. The van der Waals surface area contributed by atoms with Crippen LogP contribution in [0.5, 0.6) is 11.5 Å². The zero-order chi connectivity index (χ0) is 23.6. The molecule has 0 saturated carbocycles. The number of sulfonamides is 1. The Balaban J connectivity index is 1.69. The Morgan fingerprint density at radius 1 is 1.03 bits per heavy atom. The van der Waals surface area contributed by atoms with Crippen LogP contribution in [0.15, 0.2) is 23.1 Å². The number of piperazine rings is 1. The van der Waals surface area contributed by atoms with Gasteiger partial charge in [0.15, 0.2) is 0 Å². The molecule has 1 saturated heterocycles. The number of ether oxygens (including phenoxy) is 2. The number of methoxy groups -OCH3 is 2. The summed E-state index contributed by atoms with van der Waals surface area (Å²) in [5.74, 6) is 1.18. The fraction of sp³-hybridized carbons (Fsp3) is 0.545. The quantitative estimate of drug-likeness (QED) is 0.623. The maximum Gasteiger partial charge on any atom is 0.246 e. The lowest BCUT2D eigenvalue weighted by molar-refractivity contribution is -0.131. The monoisotopic (exact) mass is 464 g/mol. The van der Waals surface area contributed by atoms with Crippen molar-refractivity contribution in [3.63, 3.8) is 0 Å². The van der Waals surface area contributed by atoms with Gasteiger partial charge in [0.1, 0.15) is 16.4 Å². The molecule has 0 spiro atoms. The first kappa shape index (κ1) is 24.1. The third kappa shape index (κ3) is 4.75. The predicted molar refractivity (Wildman–Crippen MR) is 121 cm³/mol. The van der Waals surface area contributed by atoms with Crippen LogP contribution in [0.2, 0.25) is 0 Å². The van der Waals surface area contributed by atoms with Gasteiger partial charge in [0.25, 0.3) is 0 Å². The molecule has 1 fully saturated rings. The van der Waals surface area contributed by atoms with Gasteiger partial charge in [-0.2, -0.15) is 9.40 Å². The molecule has 1 aliphatic heterocycles. The van der Waals surface area contributed by atoms with Crippen LogP contribution < -0.4 is 9.47 Å². The van der Waals surface area contributed by atoms with E-state index < -0.39 is 10.0 Å². The molecule has 0 unspecified atom stereocenters. The highest BCUT2D eigenvalue weighted by molar-refractivity contribution is 7.89. The molecule has 1 aromatic carbocycles. The summed E-state index contributed by atoms with van der Waals surface area (Å²) in [5, 5.41) is 4.41. The first-order valence-electron chi connectivity index (χ1n) is 10.6. The minimum absolute atomic E-state index is 0.0580. The van der Waals surface area contributed by atoms with E-state index in [2.05, 4.69) is 5.10 Å². The lowest BCUT2D eigenvalue weighted by Crippen LogP contribution is -2.51. The van der Waals surface area contributed by atoms with Crippen molar-refractivity contribution in [2.24, 2.45) is 0 Å².